The fourth-order valence-corrected chi connectivity index (χ4v) is 4.14. The van der Waals surface area contributed by atoms with Crippen molar-refractivity contribution in [3.05, 3.63) is 93.0 Å². The van der Waals surface area contributed by atoms with Crippen molar-refractivity contribution in [3.63, 3.8) is 0 Å². The van der Waals surface area contributed by atoms with Crippen molar-refractivity contribution in [3.8, 4) is 0 Å². The van der Waals surface area contributed by atoms with Gasteiger partial charge in [-0.3, -0.25) is 20.3 Å². The predicted octanol–water partition coefficient (Wildman–Crippen LogP) is 5.48. The molecule has 34 heavy (non-hydrogen) atoms. The zero-order chi connectivity index (χ0) is 25.1. The number of alkyl halides is 3. The quantitative estimate of drug-likeness (QED) is 0.258. The van der Waals surface area contributed by atoms with Crippen molar-refractivity contribution in [2.75, 3.05) is 10.1 Å². The van der Waals surface area contributed by atoms with Gasteiger partial charge in [0, 0.05) is 6.07 Å². The summed E-state index contributed by atoms with van der Waals surface area (Å²) in [6.07, 6.45) is -3.29. The van der Waals surface area contributed by atoms with E-state index in [2.05, 4.69) is 15.2 Å². The summed E-state index contributed by atoms with van der Waals surface area (Å²) in [4.78, 5) is 10.4. The number of halogens is 3. The number of rotatable bonds is 7. The van der Waals surface area contributed by atoms with Crippen molar-refractivity contribution in [2.24, 2.45) is 5.10 Å². The normalized spacial score (nSPS) is 12.0. The molecule has 178 valence electrons. The largest absolute Gasteiger partial charge is 0.416 e. The van der Waals surface area contributed by atoms with Crippen molar-refractivity contribution in [2.45, 2.75) is 24.9 Å². The minimum atomic E-state index is -4.47. The lowest BCUT2D eigenvalue weighted by Gasteiger charge is -2.12. The number of hydrogen-bond acceptors (Lipinski definition) is 6. The topological polar surface area (TPSA) is 114 Å². The molecular weight excluding hydrogens is 473 g/mol. The second-order valence-electron chi connectivity index (χ2n) is 7.35. The van der Waals surface area contributed by atoms with Gasteiger partial charge >= 0.3 is 6.18 Å². The lowest BCUT2D eigenvalue weighted by molar-refractivity contribution is -0.384. The second kappa shape index (κ2) is 9.51. The highest BCUT2D eigenvalue weighted by Gasteiger charge is 2.29. The smallest absolute Gasteiger partial charge is 0.279 e. The molecule has 2 N–H and O–H groups in total. The Bertz CT molecular complexity index is 1360. The summed E-state index contributed by atoms with van der Waals surface area (Å²) < 4.78 is 65.8. The minimum absolute atomic E-state index is 0.0985. The molecule has 0 saturated heterocycles. The van der Waals surface area contributed by atoms with Crippen LogP contribution in [0.25, 0.3) is 0 Å². The van der Waals surface area contributed by atoms with Gasteiger partial charge in [-0.15, -0.1) is 0 Å². The Hall–Kier alpha value is -3.93. The highest BCUT2D eigenvalue weighted by atomic mass is 32.2. The number of sulfonamides is 1. The highest BCUT2D eigenvalue weighted by molar-refractivity contribution is 7.92. The molecule has 0 saturated carbocycles. The van der Waals surface area contributed by atoms with Crippen LogP contribution >= 0.6 is 0 Å². The standard InChI is InChI=1S/C22H19F3N4O4S/c1-14-3-9-19(15(2)11-14)28-34(32,33)18-8-10-20(21(12-18)29(30)31)27-26-13-16-4-6-17(7-5-16)22(23,24)25/h3-13,27-28H,1-2H3. The van der Waals surface area contributed by atoms with Gasteiger partial charge in [-0.1, -0.05) is 29.8 Å². The predicted molar refractivity (Wildman–Crippen MR) is 122 cm³/mol. The second-order valence-corrected chi connectivity index (χ2v) is 9.03. The molecule has 0 aliphatic carbocycles. The molecule has 0 amide bonds. The average molecular weight is 492 g/mol. The fraction of sp³-hybridized carbons (Fsp3) is 0.136. The highest BCUT2D eigenvalue weighted by Crippen LogP contribution is 2.30. The van der Waals surface area contributed by atoms with Crippen LogP contribution in [0.5, 0.6) is 0 Å². The first-order chi connectivity index (χ1) is 15.9. The molecule has 0 fully saturated rings. The third kappa shape index (κ3) is 5.90. The summed E-state index contributed by atoms with van der Waals surface area (Å²) in [5.41, 5.74) is 3.26. The van der Waals surface area contributed by atoms with Gasteiger partial charge in [0.2, 0.25) is 0 Å². The number of benzene rings is 3. The van der Waals surface area contributed by atoms with Crippen LogP contribution in [-0.4, -0.2) is 19.6 Å². The van der Waals surface area contributed by atoms with E-state index in [1.807, 2.05) is 6.92 Å². The number of hydrazone groups is 1. The number of nitrogens with one attached hydrogen (secondary N) is 2. The molecule has 8 nitrogen and oxygen atoms in total. The Balaban J connectivity index is 1.81. The van der Waals surface area contributed by atoms with Crippen LogP contribution in [0.3, 0.4) is 0 Å². The van der Waals surface area contributed by atoms with Crippen molar-refractivity contribution < 1.29 is 26.5 Å². The van der Waals surface area contributed by atoms with E-state index in [1.54, 1.807) is 25.1 Å². The number of hydrogen-bond donors (Lipinski definition) is 2. The van der Waals surface area contributed by atoms with Gasteiger partial charge in [-0.05, 0) is 55.3 Å². The third-order valence-corrected chi connectivity index (χ3v) is 6.10. The summed E-state index contributed by atoms with van der Waals surface area (Å²) in [6, 6.07) is 12.5. The van der Waals surface area contributed by atoms with E-state index in [1.165, 1.54) is 30.5 Å². The Morgan fingerprint density at radius 1 is 0.971 bits per heavy atom. The van der Waals surface area contributed by atoms with E-state index in [-0.39, 0.29) is 10.6 Å². The summed E-state index contributed by atoms with van der Waals surface area (Å²) in [6.45, 7) is 3.59. The van der Waals surface area contributed by atoms with Gasteiger partial charge < -0.3 is 0 Å². The fourth-order valence-electron chi connectivity index (χ4n) is 2.99. The Morgan fingerprint density at radius 2 is 1.62 bits per heavy atom. The summed E-state index contributed by atoms with van der Waals surface area (Å²) in [5.74, 6) is 0. The van der Waals surface area contributed by atoms with Gasteiger partial charge in [0.05, 0.1) is 27.3 Å². The van der Waals surface area contributed by atoms with Crippen LogP contribution in [0.1, 0.15) is 22.3 Å². The monoisotopic (exact) mass is 492 g/mol. The van der Waals surface area contributed by atoms with E-state index >= 15 is 0 Å². The molecule has 0 bridgehead atoms. The molecular formula is C22H19F3N4O4S. The SMILES string of the molecule is Cc1ccc(NS(=O)(=O)c2ccc(NN=Cc3ccc(C(F)(F)F)cc3)c([N+](=O)[O-])c2)c(C)c1. The van der Waals surface area contributed by atoms with Crippen LogP contribution in [0, 0.1) is 24.0 Å². The molecule has 3 rings (SSSR count). The first kappa shape index (κ1) is 24.7. The first-order valence-electron chi connectivity index (χ1n) is 9.72. The first-order valence-corrected chi connectivity index (χ1v) is 11.2. The number of aryl methyl sites for hydroxylation is 2. The van der Waals surface area contributed by atoms with E-state index in [0.717, 1.165) is 23.8 Å². The molecule has 3 aromatic carbocycles. The third-order valence-electron chi connectivity index (χ3n) is 4.74. The van der Waals surface area contributed by atoms with E-state index in [4.69, 9.17) is 0 Å². The lowest BCUT2D eigenvalue weighted by atomic mass is 10.1. The van der Waals surface area contributed by atoms with E-state index < -0.39 is 32.4 Å². The van der Waals surface area contributed by atoms with Crippen LogP contribution < -0.4 is 10.1 Å². The van der Waals surface area contributed by atoms with Crippen LogP contribution in [-0.2, 0) is 16.2 Å². The average Bonchev–Trinajstić information content (AvgIpc) is 2.75. The maximum atomic E-state index is 12.8. The summed E-state index contributed by atoms with van der Waals surface area (Å²) in [7, 11) is -4.11. The summed E-state index contributed by atoms with van der Waals surface area (Å²) in [5, 5.41) is 15.3. The lowest BCUT2D eigenvalue weighted by Crippen LogP contribution is -2.14. The number of nitro benzene ring substituents is 1. The van der Waals surface area contributed by atoms with Gasteiger partial charge in [-0.2, -0.15) is 18.3 Å². The molecule has 0 aliphatic heterocycles. The maximum Gasteiger partial charge on any atom is 0.416 e. The Labute approximate surface area is 193 Å². The molecule has 0 radical (unpaired) electrons. The number of anilines is 2. The maximum absolute atomic E-state index is 12.8. The van der Waals surface area contributed by atoms with Gasteiger partial charge in [-0.25, -0.2) is 8.42 Å². The molecule has 0 aromatic heterocycles. The Morgan fingerprint density at radius 3 is 2.21 bits per heavy atom. The zero-order valence-corrected chi connectivity index (χ0v) is 18.7. The van der Waals surface area contributed by atoms with Crippen LogP contribution in [0.2, 0.25) is 0 Å². The van der Waals surface area contributed by atoms with Gasteiger partial charge in [0.1, 0.15) is 5.69 Å². The Kier molecular flexibility index (Phi) is 6.91. The van der Waals surface area contributed by atoms with Crippen LogP contribution in [0.4, 0.5) is 30.2 Å². The molecule has 0 atom stereocenters. The molecule has 0 heterocycles. The molecule has 12 heteroatoms. The van der Waals surface area contributed by atoms with Crippen LogP contribution in [0.15, 0.2) is 70.7 Å². The van der Waals surface area contributed by atoms with Gasteiger partial charge in [0.25, 0.3) is 15.7 Å². The summed E-state index contributed by atoms with van der Waals surface area (Å²) >= 11 is 0. The molecule has 0 aliphatic rings. The van der Waals surface area contributed by atoms with E-state index in [0.29, 0.717) is 16.8 Å². The van der Waals surface area contributed by atoms with Crippen molar-refractivity contribution in [1.29, 1.82) is 0 Å². The zero-order valence-electron chi connectivity index (χ0n) is 17.9. The number of nitro groups is 1. The van der Waals surface area contributed by atoms with Gasteiger partial charge in [0.15, 0.2) is 0 Å². The van der Waals surface area contributed by atoms with Crippen molar-refractivity contribution >= 4 is 33.3 Å². The molecule has 3 aromatic rings. The molecule has 0 spiro atoms. The van der Waals surface area contributed by atoms with E-state index in [9.17, 15) is 31.7 Å². The molecule has 0 unspecified atom stereocenters. The minimum Gasteiger partial charge on any atom is -0.279 e. The van der Waals surface area contributed by atoms with Crippen molar-refractivity contribution in [1.82, 2.24) is 0 Å². The number of nitrogens with zero attached hydrogens (tertiary/aromatic N) is 2.